The molecule has 0 N–H and O–H groups in total. The molecule has 0 radical (unpaired) electrons. The minimum atomic E-state index is 0.621. The van der Waals surface area contributed by atoms with E-state index in [1.165, 1.54) is 0 Å². The van der Waals surface area contributed by atoms with Crippen LogP contribution in [0, 0.1) is 13.8 Å². The van der Waals surface area contributed by atoms with Gasteiger partial charge in [-0.05, 0) is 26.0 Å². The van der Waals surface area contributed by atoms with Crippen LogP contribution in [0.3, 0.4) is 0 Å². The van der Waals surface area contributed by atoms with Crippen LogP contribution in [0.1, 0.15) is 11.5 Å². The maximum absolute atomic E-state index is 5.60. The zero-order valence-corrected chi connectivity index (χ0v) is 8.48. The van der Waals surface area contributed by atoms with Gasteiger partial charge in [0.25, 0.3) is 0 Å². The third-order valence-electron chi connectivity index (χ3n) is 2.37. The van der Waals surface area contributed by atoms with Gasteiger partial charge in [-0.25, -0.2) is 15.0 Å². The van der Waals surface area contributed by atoms with Crippen LogP contribution in [0.2, 0.25) is 0 Å². The Kier molecular flexibility index (Phi) is 1.54. The van der Waals surface area contributed by atoms with E-state index >= 15 is 0 Å². The fourth-order valence-electron chi connectivity index (χ4n) is 1.76. The number of hydrogen-bond donors (Lipinski definition) is 0. The minimum absolute atomic E-state index is 0.621. The van der Waals surface area contributed by atoms with E-state index in [1.807, 2.05) is 26.0 Å². The molecule has 74 valence electrons. The van der Waals surface area contributed by atoms with Gasteiger partial charge >= 0.3 is 0 Å². The first kappa shape index (κ1) is 8.35. The van der Waals surface area contributed by atoms with E-state index in [0.29, 0.717) is 5.71 Å². The van der Waals surface area contributed by atoms with Crippen molar-refractivity contribution in [2.45, 2.75) is 13.8 Å². The summed E-state index contributed by atoms with van der Waals surface area (Å²) in [6.07, 6.45) is 1.71. The molecule has 3 heterocycles. The number of aromatic nitrogens is 3. The molecule has 0 bridgehead atoms. The molecule has 3 aromatic rings. The molecule has 0 fully saturated rings. The summed E-state index contributed by atoms with van der Waals surface area (Å²) in [5.74, 6) is 0.756. The maximum Gasteiger partial charge on any atom is 0.229 e. The lowest BCUT2D eigenvalue weighted by atomic mass is 10.3. The largest absolute Gasteiger partial charge is 0.434 e. The van der Waals surface area contributed by atoms with Gasteiger partial charge in [-0.15, -0.1) is 0 Å². The lowest BCUT2D eigenvalue weighted by molar-refractivity contribution is 0.646. The standard InChI is InChI=1S/C11H9N3O/c1-6-10-9(14-7(2)13-6)8-4-3-5-12-11(8)15-10/h3-5H,1-2H3. The first-order valence-electron chi connectivity index (χ1n) is 4.74. The fraction of sp³-hybridized carbons (Fsp3) is 0.182. The average Bonchev–Trinajstić information content (AvgIpc) is 2.57. The van der Waals surface area contributed by atoms with Crippen molar-refractivity contribution in [1.29, 1.82) is 0 Å². The molecular weight excluding hydrogens is 190 g/mol. The Morgan fingerprint density at radius 1 is 1.20 bits per heavy atom. The van der Waals surface area contributed by atoms with Crippen molar-refractivity contribution in [2.75, 3.05) is 0 Å². The molecule has 3 rings (SSSR count). The molecule has 0 aliphatic rings. The zero-order valence-electron chi connectivity index (χ0n) is 8.48. The molecule has 15 heavy (non-hydrogen) atoms. The molecule has 0 unspecified atom stereocenters. The third-order valence-corrected chi connectivity index (χ3v) is 2.37. The van der Waals surface area contributed by atoms with Gasteiger partial charge in [-0.3, -0.25) is 0 Å². The van der Waals surface area contributed by atoms with E-state index in [4.69, 9.17) is 4.42 Å². The van der Waals surface area contributed by atoms with Crippen molar-refractivity contribution in [3.05, 3.63) is 29.8 Å². The molecule has 0 aliphatic carbocycles. The summed E-state index contributed by atoms with van der Waals surface area (Å²) >= 11 is 0. The van der Waals surface area contributed by atoms with Gasteiger partial charge in [0.1, 0.15) is 11.3 Å². The molecular formula is C11H9N3O. The van der Waals surface area contributed by atoms with E-state index < -0.39 is 0 Å². The molecule has 0 saturated heterocycles. The summed E-state index contributed by atoms with van der Waals surface area (Å²) in [6.45, 7) is 3.79. The Labute approximate surface area is 86.0 Å². The van der Waals surface area contributed by atoms with Crippen molar-refractivity contribution >= 4 is 22.2 Å². The molecule has 0 atom stereocenters. The average molecular weight is 199 g/mol. The number of rotatable bonds is 0. The topological polar surface area (TPSA) is 51.8 Å². The van der Waals surface area contributed by atoms with E-state index in [2.05, 4.69) is 15.0 Å². The van der Waals surface area contributed by atoms with Crippen LogP contribution < -0.4 is 0 Å². The second-order valence-electron chi connectivity index (χ2n) is 3.49. The van der Waals surface area contributed by atoms with Crippen LogP contribution in [0.4, 0.5) is 0 Å². The number of aryl methyl sites for hydroxylation is 2. The van der Waals surface area contributed by atoms with Gasteiger partial charge in [0.2, 0.25) is 5.71 Å². The summed E-state index contributed by atoms with van der Waals surface area (Å²) in [4.78, 5) is 12.8. The summed E-state index contributed by atoms with van der Waals surface area (Å²) in [6, 6.07) is 3.84. The molecule has 0 amide bonds. The summed E-state index contributed by atoms with van der Waals surface area (Å²) in [5, 5.41) is 0.945. The van der Waals surface area contributed by atoms with Crippen molar-refractivity contribution in [2.24, 2.45) is 0 Å². The van der Waals surface area contributed by atoms with Crippen LogP contribution in [-0.2, 0) is 0 Å². The maximum atomic E-state index is 5.60. The molecule has 4 heteroatoms. The lowest BCUT2D eigenvalue weighted by Crippen LogP contribution is -1.90. The highest BCUT2D eigenvalue weighted by Gasteiger charge is 2.11. The van der Waals surface area contributed by atoms with Crippen LogP contribution >= 0.6 is 0 Å². The molecule has 0 aromatic carbocycles. The van der Waals surface area contributed by atoms with Crippen molar-refractivity contribution in [3.8, 4) is 0 Å². The second kappa shape index (κ2) is 2.76. The monoisotopic (exact) mass is 199 g/mol. The van der Waals surface area contributed by atoms with Crippen molar-refractivity contribution < 1.29 is 4.42 Å². The van der Waals surface area contributed by atoms with Crippen LogP contribution in [-0.4, -0.2) is 15.0 Å². The smallest absolute Gasteiger partial charge is 0.229 e. The Hall–Kier alpha value is -1.97. The predicted molar refractivity (Wildman–Crippen MR) is 56.6 cm³/mol. The second-order valence-corrected chi connectivity index (χ2v) is 3.49. The molecule has 0 saturated carbocycles. The van der Waals surface area contributed by atoms with Crippen molar-refractivity contribution in [1.82, 2.24) is 15.0 Å². The number of hydrogen-bond acceptors (Lipinski definition) is 4. The highest BCUT2D eigenvalue weighted by Crippen LogP contribution is 2.26. The van der Waals surface area contributed by atoms with Gasteiger partial charge in [-0.1, -0.05) is 0 Å². The van der Waals surface area contributed by atoms with Gasteiger partial charge in [0.05, 0.1) is 11.1 Å². The highest BCUT2D eigenvalue weighted by atomic mass is 16.3. The van der Waals surface area contributed by atoms with E-state index in [9.17, 15) is 0 Å². The SMILES string of the molecule is Cc1nc(C)c2oc3ncccc3c2n1. The fourth-order valence-corrected chi connectivity index (χ4v) is 1.76. The van der Waals surface area contributed by atoms with Crippen LogP contribution in [0.5, 0.6) is 0 Å². The quantitative estimate of drug-likeness (QED) is 0.557. The Bertz CT molecular complexity index is 657. The van der Waals surface area contributed by atoms with Crippen molar-refractivity contribution in [3.63, 3.8) is 0 Å². The third kappa shape index (κ3) is 1.11. The van der Waals surface area contributed by atoms with Gasteiger partial charge in [-0.2, -0.15) is 0 Å². The normalized spacial score (nSPS) is 11.3. The first-order chi connectivity index (χ1) is 7.25. The summed E-state index contributed by atoms with van der Waals surface area (Å²) < 4.78 is 5.60. The first-order valence-corrected chi connectivity index (χ1v) is 4.74. The summed E-state index contributed by atoms with van der Waals surface area (Å²) in [7, 11) is 0. The Morgan fingerprint density at radius 3 is 2.93 bits per heavy atom. The van der Waals surface area contributed by atoms with E-state index in [1.54, 1.807) is 6.20 Å². The highest BCUT2D eigenvalue weighted by molar-refractivity contribution is 6.01. The Morgan fingerprint density at radius 2 is 2.07 bits per heavy atom. The van der Waals surface area contributed by atoms with Crippen LogP contribution in [0.25, 0.3) is 22.2 Å². The number of furan rings is 1. The number of pyridine rings is 1. The number of fused-ring (bicyclic) bond motifs is 3. The molecule has 0 spiro atoms. The summed E-state index contributed by atoms with van der Waals surface area (Å²) in [5.41, 5.74) is 3.06. The Balaban J connectivity index is 2.61. The molecule has 4 nitrogen and oxygen atoms in total. The molecule has 0 aliphatic heterocycles. The number of nitrogens with zero attached hydrogens (tertiary/aromatic N) is 3. The van der Waals surface area contributed by atoms with Gasteiger partial charge in [0.15, 0.2) is 5.58 Å². The molecule has 3 aromatic heterocycles. The zero-order chi connectivity index (χ0) is 10.4. The van der Waals surface area contributed by atoms with Gasteiger partial charge in [0, 0.05) is 6.20 Å². The van der Waals surface area contributed by atoms with Gasteiger partial charge < -0.3 is 4.42 Å². The van der Waals surface area contributed by atoms with E-state index in [0.717, 1.165) is 28.0 Å². The lowest BCUT2D eigenvalue weighted by Gasteiger charge is -1.94. The van der Waals surface area contributed by atoms with E-state index in [-0.39, 0.29) is 0 Å². The van der Waals surface area contributed by atoms with Crippen LogP contribution in [0.15, 0.2) is 22.7 Å². The minimum Gasteiger partial charge on any atom is -0.434 e. The predicted octanol–water partition coefficient (Wildman–Crippen LogP) is 2.39.